The zero-order valence-corrected chi connectivity index (χ0v) is 12.7. The molecule has 0 spiro atoms. The van der Waals surface area contributed by atoms with Crippen molar-refractivity contribution in [1.82, 2.24) is 4.90 Å². The van der Waals surface area contributed by atoms with Crippen LogP contribution < -0.4 is 0 Å². The quantitative estimate of drug-likeness (QED) is 0.878. The normalized spacial score (nSPS) is 9.32. The summed E-state index contributed by atoms with van der Waals surface area (Å²) in [6.45, 7) is 7.36. The number of carboxylic acid groups (broad SMARTS) is 1. The highest BCUT2D eigenvalue weighted by molar-refractivity contribution is 6.30. The first-order valence-electron chi connectivity index (χ1n) is 5.87. The highest BCUT2D eigenvalue weighted by Gasteiger charge is 1.99. The Bertz CT molecular complexity index is 340. The van der Waals surface area contributed by atoms with Crippen LogP contribution in [0.3, 0.4) is 0 Å². The van der Waals surface area contributed by atoms with Crippen molar-refractivity contribution >= 4 is 30.0 Å². The summed E-state index contributed by atoms with van der Waals surface area (Å²) in [6.07, 6.45) is 0. The third-order valence-corrected chi connectivity index (χ3v) is 2.65. The van der Waals surface area contributed by atoms with Crippen LogP contribution in [-0.4, -0.2) is 47.3 Å². The van der Waals surface area contributed by atoms with E-state index < -0.39 is 5.97 Å². The Labute approximate surface area is 125 Å². The molecule has 0 radical (unpaired) electrons. The van der Waals surface area contributed by atoms with E-state index in [9.17, 15) is 4.79 Å². The molecule has 0 heterocycles. The maximum absolute atomic E-state index is 10.3. The molecule has 1 rings (SSSR count). The van der Waals surface area contributed by atoms with E-state index in [1.54, 1.807) is 12.1 Å². The number of aliphatic hydroxyl groups excluding tert-OH is 1. The molecule has 1 aromatic carbocycles. The van der Waals surface area contributed by atoms with Gasteiger partial charge in [0.05, 0.1) is 12.2 Å². The highest BCUT2D eigenvalue weighted by atomic mass is 35.5. The Morgan fingerprint density at radius 1 is 1.21 bits per heavy atom. The standard InChI is InChI=1S/C7H5ClO2.C6H15NO.ClH/c8-6-3-1-5(2-4-6)7(9)10;1-3-7(4-2)5-6-8;/h1-4H,(H,9,10);8H,3-6H2,1-2H3;1H. The Balaban J connectivity index is 0. The zero-order chi connectivity index (χ0) is 14.0. The molecule has 0 aliphatic carbocycles. The van der Waals surface area contributed by atoms with E-state index in [0.717, 1.165) is 19.6 Å². The fourth-order valence-electron chi connectivity index (χ4n) is 1.27. The average molecular weight is 310 g/mol. The Hall–Kier alpha value is -0.810. The number of benzene rings is 1. The van der Waals surface area contributed by atoms with Crippen molar-refractivity contribution in [2.45, 2.75) is 13.8 Å². The van der Waals surface area contributed by atoms with Gasteiger partial charge in [-0.15, -0.1) is 12.4 Å². The predicted molar refractivity (Wildman–Crippen MR) is 80.5 cm³/mol. The molecule has 0 saturated carbocycles. The van der Waals surface area contributed by atoms with Gasteiger partial charge in [0.1, 0.15) is 0 Å². The number of aliphatic hydroxyl groups is 1. The molecule has 6 heteroatoms. The average Bonchev–Trinajstić information content (AvgIpc) is 2.37. The molecule has 0 unspecified atom stereocenters. The van der Waals surface area contributed by atoms with E-state index in [-0.39, 0.29) is 24.6 Å². The van der Waals surface area contributed by atoms with Crippen molar-refractivity contribution < 1.29 is 15.0 Å². The summed E-state index contributed by atoms with van der Waals surface area (Å²) in [4.78, 5) is 12.4. The van der Waals surface area contributed by atoms with Crippen LogP contribution in [0.15, 0.2) is 24.3 Å². The maximum atomic E-state index is 10.3. The molecule has 19 heavy (non-hydrogen) atoms. The summed E-state index contributed by atoms with van der Waals surface area (Å²) in [6, 6.07) is 6.02. The van der Waals surface area contributed by atoms with Gasteiger partial charge >= 0.3 is 5.97 Å². The second kappa shape index (κ2) is 12.2. The molecule has 0 fully saturated rings. The molecule has 0 saturated heterocycles. The molecule has 0 aliphatic heterocycles. The lowest BCUT2D eigenvalue weighted by Crippen LogP contribution is -2.25. The number of hydrogen-bond acceptors (Lipinski definition) is 3. The SMILES string of the molecule is CCN(CC)CCO.Cl.O=C(O)c1ccc(Cl)cc1. The van der Waals surface area contributed by atoms with Gasteiger partial charge in [-0.1, -0.05) is 25.4 Å². The van der Waals surface area contributed by atoms with Crippen LogP contribution in [0.4, 0.5) is 0 Å². The number of hydrogen-bond donors (Lipinski definition) is 2. The fraction of sp³-hybridized carbons (Fsp3) is 0.462. The summed E-state index contributed by atoms with van der Waals surface area (Å²) in [5.74, 6) is -0.934. The van der Waals surface area contributed by atoms with Crippen LogP contribution in [0.1, 0.15) is 24.2 Å². The lowest BCUT2D eigenvalue weighted by molar-refractivity contribution is 0.0697. The van der Waals surface area contributed by atoms with E-state index in [2.05, 4.69) is 18.7 Å². The van der Waals surface area contributed by atoms with Crippen molar-refractivity contribution in [2.75, 3.05) is 26.2 Å². The van der Waals surface area contributed by atoms with E-state index >= 15 is 0 Å². The van der Waals surface area contributed by atoms with Crippen LogP contribution in [0, 0.1) is 0 Å². The summed E-state index contributed by atoms with van der Waals surface area (Å²) in [5.41, 5.74) is 0.254. The van der Waals surface area contributed by atoms with Crippen molar-refractivity contribution in [1.29, 1.82) is 0 Å². The number of rotatable bonds is 5. The van der Waals surface area contributed by atoms with Gasteiger partial charge in [-0.25, -0.2) is 4.79 Å². The summed E-state index contributed by atoms with van der Waals surface area (Å²) in [5, 5.41) is 17.4. The molecule has 0 amide bonds. The number of aromatic carboxylic acids is 1. The van der Waals surface area contributed by atoms with Gasteiger partial charge in [-0.2, -0.15) is 0 Å². The van der Waals surface area contributed by atoms with Gasteiger partial charge in [0.2, 0.25) is 0 Å². The molecule has 0 bridgehead atoms. The minimum atomic E-state index is -0.934. The molecule has 1 aromatic rings. The number of nitrogens with zero attached hydrogens (tertiary/aromatic N) is 1. The summed E-state index contributed by atoms with van der Waals surface area (Å²) in [7, 11) is 0. The van der Waals surface area contributed by atoms with Crippen molar-refractivity contribution in [3.8, 4) is 0 Å². The summed E-state index contributed by atoms with van der Waals surface area (Å²) >= 11 is 5.52. The highest BCUT2D eigenvalue weighted by Crippen LogP contribution is 2.08. The molecular weight excluding hydrogens is 289 g/mol. The maximum Gasteiger partial charge on any atom is 0.335 e. The Kier molecular flexibility index (Phi) is 13.2. The first kappa shape index (κ1) is 20.5. The third kappa shape index (κ3) is 9.73. The number of halogens is 2. The van der Waals surface area contributed by atoms with E-state index in [0.29, 0.717) is 5.02 Å². The molecule has 0 atom stereocenters. The minimum absolute atomic E-state index is 0. The first-order valence-corrected chi connectivity index (χ1v) is 6.25. The van der Waals surface area contributed by atoms with E-state index in [1.807, 2.05) is 0 Å². The largest absolute Gasteiger partial charge is 0.478 e. The third-order valence-electron chi connectivity index (χ3n) is 2.40. The second-order valence-corrected chi connectivity index (χ2v) is 4.00. The fourth-order valence-corrected chi connectivity index (χ4v) is 1.40. The number of carbonyl (C=O) groups is 1. The Morgan fingerprint density at radius 2 is 1.68 bits per heavy atom. The monoisotopic (exact) mass is 309 g/mol. The minimum Gasteiger partial charge on any atom is -0.478 e. The zero-order valence-electron chi connectivity index (χ0n) is 11.2. The number of carboxylic acids is 1. The van der Waals surface area contributed by atoms with Gasteiger partial charge in [-0.05, 0) is 37.4 Å². The van der Waals surface area contributed by atoms with Crippen LogP contribution in [0.25, 0.3) is 0 Å². The molecule has 0 aliphatic rings. The van der Waals surface area contributed by atoms with Gasteiger partial charge in [-0.3, -0.25) is 0 Å². The Morgan fingerprint density at radius 3 is 1.95 bits per heavy atom. The van der Waals surface area contributed by atoms with Crippen molar-refractivity contribution in [3.05, 3.63) is 34.9 Å². The van der Waals surface area contributed by atoms with E-state index in [4.69, 9.17) is 21.8 Å². The molecule has 110 valence electrons. The van der Waals surface area contributed by atoms with Crippen LogP contribution >= 0.6 is 24.0 Å². The number of likely N-dealkylation sites (N-methyl/N-ethyl adjacent to an activating group) is 1. The molecule has 4 nitrogen and oxygen atoms in total. The smallest absolute Gasteiger partial charge is 0.335 e. The topological polar surface area (TPSA) is 60.8 Å². The lowest BCUT2D eigenvalue weighted by Gasteiger charge is -2.15. The van der Waals surface area contributed by atoms with Gasteiger partial charge in [0.15, 0.2) is 0 Å². The molecular formula is C13H21Cl2NO3. The lowest BCUT2D eigenvalue weighted by atomic mass is 10.2. The van der Waals surface area contributed by atoms with Crippen LogP contribution in [-0.2, 0) is 0 Å². The van der Waals surface area contributed by atoms with E-state index in [1.165, 1.54) is 12.1 Å². The summed E-state index contributed by atoms with van der Waals surface area (Å²) < 4.78 is 0. The van der Waals surface area contributed by atoms with Crippen molar-refractivity contribution in [3.63, 3.8) is 0 Å². The van der Waals surface area contributed by atoms with Crippen molar-refractivity contribution in [2.24, 2.45) is 0 Å². The molecule has 2 N–H and O–H groups in total. The molecule has 0 aromatic heterocycles. The van der Waals surface area contributed by atoms with Gasteiger partial charge in [0.25, 0.3) is 0 Å². The second-order valence-electron chi connectivity index (χ2n) is 3.56. The van der Waals surface area contributed by atoms with Gasteiger partial charge in [0, 0.05) is 11.6 Å². The first-order chi connectivity index (χ1) is 8.54. The van der Waals surface area contributed by atoms with Crippen LogP contribution in [0.5, 0.6) is 0 Å². The van der Waals surface area contributed by atoms with Crippen LogP contribution in [0.2, 0.25) is 5.02 Å². The van der Waals surface area contributed by atoms with Gasteiger partial charge < -0.3 is 15.1 Å². The predicted octanol–water partition coefficient (Wildman–Crippen LogP) is 2.78.